The van der Waals surface area contributed by atoms with Crippen molar-refractivity contribution in [2.24, 2.45) is 0 Å². The Labute approximate surface area is 105 Å². The first-order valence-electron chi connectivity index (χ1n) is 6.20. The van der Waals surface area contributed by atoms with Crippen molar-refractivity contribution in [2.75, 3.05) is 26.2 Å². The molecule has 2 aliphatic heterocycles. The van der Waals surface area contributed by atoms with E-state index in [0.29, 0.717) is 6.54 Å². The molecule has 0 aromatic carbocycles. The van der Waals surface area contributed by atoms with Gasteiger partial charge in [0.15, 0.2) is 5.76 Å². The second kappa shape index (κ2) is 4.37. The van der Waals surface area contributed by atoms with Crippen molar-refractivity contribution in [2.45, 2.75) is 25.5 Å². The van der Waals surface area contributed by atoms with Gasteiger partial charge in [-0.15, -0.1) is 0 Å². The van der Waals surface area contributed by atoms with E-state index in [-0.39, 0.29) is 18.1 Å². The monoisotopic (exact) mass is 251 g/mol. The molecule has 6 heteroatoms. The van der Waals surface area contributed by atoms with Crippen LogP contribution >= 0.6 is 0 Å². The van der Waals surface area contributed by atoms with E-state index in [1.54, 1.807) is 0 Å². The summed E-state index contributed by atoms with van der Waals surface area (Å²) in [5.41, 5.74) is 0.697. The van der Waals surface area contributed by atoms with Crippen molar-refractivity contribution >= 4 is 5.91 Å². The molecule has 1 unspecified atom stereocenters. The van der Waals surface area contributed by atoms with Crippen LogP contribution in [0.2, 0.25) is 0 Å². The predicted molar refractivity (Wildman–Crippen MR) is 62.8 cm³/mol. The van der Waals surface area contributed by atoms with Gasteiger partial charge in [-0.2, -0.15) is 0 Å². The average Bonchev–Trinajstić information content (AvgIpc) is 2.92. The lowest BCUT2D eigenvalue weighted by Gasteiger charge is -2.33. The van der Waals surface area contributed by atoms with Gasteiger partial charge in [0, 0.05) is 25.7 Å². The van der Waals surface area contributed by atoms with Crippen LogP contribution in [0.1, 0.15) is 17.9 Å². The van der Waals surface area contributed by atoms with Crippen LogP contribution in [0.15, 0.2) is 10.6 Å². The molecule has 1 N–H and O–H groups in total. The number of ether oxygens (including phenoxy) is 1. The summed E-state index contributed by atoms with van der Waals surface area (Å²) in [7, 11) is 0. The molecular weight excluding hydrogens is 234 g/mol. The fraction of sp³-hybridized carbons (Fsp3) is 0.667. The number of carbonyl (C=O) groups is 1. The van der Waals surface area contributed by atoms with E-state index in [1.165, 1.54) is 0 Å². The third kappa shape index (κ3) is 2.26. The number of morpholine rings is 1. The van der Waals surface area contributed by atoms with Gasteiger partial charge in [-0.1, -0.05) is 5.16 Å². The van der Waals surface area contributed by atoms with Gasteiger partial charge in [0.25, 0.3) is 0 Å². The highest BCUT2D eigenvalue weighted by molar-refractivity contribution is 5.78. The second-order valence-corrected chi connectivity index (χ2v) is 5.14. The number of rotatable bonds is 2. The maximum absolute atomic E-state index is 11.1. The standard InChI is InChI=1S/C12H17N3O3/c1-9-4-10(18-14-9)5-15-3-2-12(8-15)7-13-11(16)6-17-12/h4H,2-3,5-8H2,1H3,(H,13,16). The smallest absolute Gasteiger partial charge is 0.246 e. The first-order chi connectivity index (χ1) is 8.65. The first kappa shape index (κ1) is 11.7. The highest BCUT2D eigenvalue weighted by Gasteiger charge is 2.42. The van der Waals surface area contributed by atoms with Crippen LogP contribution in [-0.2, 0) is 16.1 Å². The molecule has 6 nitrogen and oxygen atoms in total. The molecule has 98 valence electrons. The minimum Gasteiger partial charge on any atom is -0.362 e. The van der Waals surface area contributed by atoms with Crippen molar-refractivity contribution < 1.29 is 14.1 Å². The van der Waals surface area contributed by atoms with E-state index in [1.807, 2.05) is 13.0 Å². The zero-order valence-electron chi connectivity index (χ0n) is 10.4. The Morgan fingerprint density at radius 3 is 3.17 bits per heavy atom. The largest absolute Gasteiger partial charge is 0.362 e. The third-order valence-corrected chi connectivity index (χ3v) is 3.57. The number of nitrogens with zero attached hydrogens (tertiary/aromatic N) is 2. The minimum absolute atomic E-state index is 0.0232. The fourth-order valence-corrected chi connectivity index (χ4v) is 2.62. The van der Waals surface area contributed by atoms with E-state index in [4.69, 9.17) is 9.26 Å². The van der Waals surface area contributed by atoms with E-state index < -0.39 is 0 Å². The lowest BCUT2D eigenvalue weighted by molar-refractivity contribution is -0.142. The fourth-order valence-electron chi connectivity index (χ4n) is 2.62. The van der Waals surface area contributed by atoms with Gasteiger partial charge in [-0.3, -0.25) is 9.69 Å². The molecule has 1 spiro atoms. The van der Waals surface area contributed by atoms with Crippen LogP contribution in [0.3, 0.4) is 0 Å². The molecule has 1 aromatic heterocycles. The van der Waals surface area contributed by atoms with E-state index >= 15 is 0 Å². The van der Waals surface area contributed by atoms with Gasteiger partial charge in [0.05, 0.1) is 17.8 Å². The summed E-state index contributed by atoms with van der Waals surface area (Å²) >= 11 is 0. The van der Waals surface area contributed by atoms with Crippen molar-refractivity contribution in [1.29, 1.82) is 0 Å². The Hall–Kier alpha value is -1.40. The van der Waals surface area contributed by atoms with E-state index in [9.17, 15) is 4.79 Å². The Morgan fingerprint density at radius 2 is 2.50 bits per heavy atom. The molecule has 2 saturated heterocycles. The summed E-state index contributed by atoms with van der Waals surface area (Å²) in [6.45, 7) is 5.23. The van der Waals surface area contributed by atoms with Crippen molar-refractivity contribution in [3.63, 3.8) is 0 Å². The van der Waals surface area contributed by atoms with Gasteiger partial charge in [-0.25, -0.2) is 0 Å². The SMILES string of the molecule is Cc1cc(CN2CCC3(CNC(=O)CO3)C2)on1. The number of aryl methyl sites for hydroxylation is 1. The predicted octanol–water partition coefficient (Wildman–Crippen LogP) is 0.0739. The molecule has 3 heterocycles. The number of amides is 1. The molecule has 1 atom stereocenters. The van der Waals surface area contributed by atoms with E-state index in [2.05, 4.69) is 15.4 Å². The number of carbonyl (C=O) groups excluding carboxylic acids is 1. The highest BCUT2D eigenvalue weighted by atomic mass is 16.5. The van der Waals surface area contributed by atoms with Gasteiger partial charge < -0.3 is 14.6 Å². The molecule has 1 amide bonds. The third-order valence-electron chi connectivity index (χ3n) is 3.57. The zero-order valence-corrected chi connectivity index (χ0v) is 10.4. The molecule has 0 bridgehead atoms. The highest BCUT2D eigenvalue weighted by Crippen LogP contribution is 2.27. The summed E-state index contributed by atoms with van der Waals surface area (Å²) in [5, 5.41) is 6.76. The summed E-state index contributed by atoms with van der Waals surface area (Å²) in [5.74, 6) is 0.856. The Balaban J connectivity index is 1.60. The molecule has 0 saturated carbocycles. The molecule has 0 aliphatic carbocycles. The molecule has 1 aromatic rings. The van der Waals surface area contributed by atoms with Crippen LogP contribution in [-0.4, -0.2) is 47.8 Å². The van der Waals surface area contributed by atoms with Gasteiger partial charge in [0.1, 0.15) is 6.61 Å². The number of hydrogen-bond acceptors (Lipinski definition) is 5. The van der Waals surface area contributed by atoms with Crippen LogP contribution in [0.25, 0.3) is 0 Å². The quantitative estimate of drug-likeness (QED) is 0.806. The molecule has 3 rings (SSSR count). The Bertz CT molecular complexity index is 447. The lowest BCUT2D eigenvalue weighted by Crippen LogP contribution is -2.53. The average molecular weight is 251 g/mol. The van der Waals surface area contributed by atoms with Crippen LogP contribution < -0.4 is 5.32 Å². The molecule has 0 radical (unpaired) electrons. The Kier molecular flexibility index (Phi) is 2.83. The van der Waals surface area contributed by atoms with E-state index in [0.717, 1.165) is 37.5 Å². The number of likely N-dealkylation sites (tertiary alicyclic amines) is 1. The normalized spacial score (nSPS) is 28.8. The summed E-state index contributed by atoms with van der Waals surface area (Å²) in [6, 6.07) is 1.95. The van der Waals surface area contributed by atoms with Crippen molar-refractivity contribution in [1.82, 2.24) is 15.4 Å². The maximum Gasteiger partial charge on any atom is 0.246 e. The minimum atomic E-state index is -0.205. The summed E-state index contributed by atoms with van der Waals surface area (Å²) in [4.78, 5) is 13.4. The molecule has 2 aliphatic rings. The zero-order chi connectivity index (χ0) is 12.6. The Morgan fingerprint density at radius 1 is 1.61 bits per heavy atom. The topological polar surface area (TPSA) is 67.6 Å². The van der Waals surface area contributed by atoms with Gasteiger partial charge in [0.2, 0.25) is 5.91 Å². The number of hydrogen-bond donors (Lipinski definition) is 1. The molecule has 18 heavy (non-hydrogen) atoms. The van der Waals surface area contributed by atoms with Crippen molar-refractivity contribution in [3.8, 4) is 0 Å². The maximum atomic E-state index is 11.1. The number of aromatic nitrogens is 1. The van der Waals surface area contributed by atoms with Gasteiger partial charge in [-0.05, 0) is 13.3 Å². The molecular formula is C12H17N3O3. The van der Waals surface area contributed by atoms with Crippen LogP contribution in [0, 0.1) is 6.92 Å². The van der Waals surface area contributed by atoms with Crippen LogP contribution in [0.4, 0.5) is 0 Å². The summed E-state index contributed by atoms with van der Waals surface area (Å²) in [6.07, 6.45) is 0.945. The van der Waals surface area contributed by atoms with Crippen LogP contribution in [0.5, 0.6) is 0 Å². The van der Waals surface area contributed by atoms with Gasteiger partial charge >= 0.3 is 0 Å². The summed E-state index contributed by atoms with van der Waals surface area (Å²) < 4.78 is 10.9. The molecule has 2 fully saturated rings. The lowest BCUT2D eigenvalue weighted by atomic mass is 10.0. The van der Waals surface area contributed by atoms with Crippen molar-refractivity contribution in [3.05, 3.63) is 17.5 Å². The first-order valence-corrected chi connectivity index (χ1v) is 6.20. The second-order valence-electron chi connectivity index (χ2n) is 5.14. The number of nitrogens with one attached hydrogen (secondary N) is 1.